The molecule has 1 aromatic heterocycles. The van der Waals surface area contributed by atoms with Crippen LogP contribution in [0.1, 0.15) is 39.5 Å². The van der Waals surface area contributed by atoms with Crippen LogP contribution in [0.15, 0.2) is 12.3 Å². The third kappa shape index (κ3) is 4.67. The standard InChI is InChI=1S/C14H24N4O/c1-10(2)19-13-7-8-16-14(18-13)17-9-11-3-5-12(15)6-4-11/h7-8,10-12H,3-6,9,15H2,1-2H3,(H,16,17,18). The third-order valence-electron chi connectivity index (χ3n) is 3.43. The van der Waals surface area contributed by atoms with Crippen LogP contribution < -0.4 is 15.8 Å². The highest BCUT2D eigenvalue weighted by molar-refractivity contribution is 5.27. The molecule has 0 aromatic carbocycles. The van der Waals surface area contributed by atoms with E-state index < -0.39 is 0 Å². The summed E-state index contributed by atoms with van der Waals surface area (Å²) in [5.41, 5.74) is 5.91. The fraction of sp³-hybridized carbons (Fsp3) is 0.714. The van der Waals surface area contributed by atoms with Crippen molar-refractivity contribution in [2.75, 3.05) is 11.9 Å². The summed E-state index contributed by atoms with van der Waals surface area (Å²) in [5.74, 6) is 1.95. The molecule has 3 N–H and O–H groups in total. The van der Waals surface area contributed by atoms with E-state index in [0.717, 1.165) is 19.4 Å². The van der Waals surface area contributed by atoms with Gasteiger partial charge in [-0.3, -0.25) is 0 Å². The van der Waals surface area contributed by atoms with Crippen molar-refractivity contribution in [2.24, 2.45) is 11.7 Å². The van der Waals surface area contributed by atoms with Gasteiger partial charge in [0.2, 0.25) is 11.8 Å². The number of nitrogens with two attached hydrogens (primary N) is 1. The van der Waals surface area contributed by atoms with Crippen LogP contribution in [0.3, 0.4) is 0 Å². The molecule has 0 aliphatic heterocycles. The zero-order valence-electron chi connectivity index (χ0n) is 11.8. The van der Waals surface area contributed by atoms with Gasteiger partial charge in [0, 0.05) is 24.8 Å². The first kappa shape index (κ1) is 14.1. The maximum atomic E-state index is 5.91. The van der Waals surface area contributed by atoms with Gasteiger partial charge in [-0.25, -0.2) is 4.98 Å². The minimum Gasteiger partial charge on any atom is -0.475 e. The van der Waals surface area contributed by atoms with Gasteiger partial charge >= 0.3 is 0 Å². The van der Waals surface area contributed by atoms with Crippen molar-refractivity contribution < 1.29 is 4.74 Å². The van der Waals surface area contributed by atoms with E-state index >= 15 is 0 Å². The van der Waals surface area contributed by atoms with Crippen molar-refractivity contribution in [1.29, 1.82) is 0 Å². The van der Waals surface area contributed by atoms with E-state index in [1.165, 1.54) is 12.8 Å². The van der Waals surface area contributed by atoms with Gasteiger partial charge in [0.1, 0.15) is 0 Å². The molecule has 5 heteroatoms. The maximum Gasteiger partial charge on any atom is 0.225 e. The molecule has 106 valence electrons. The van der Waals surface area contributed by atoms with Crippen molar-refractivity contribution in [3.05, 3.63) is 12.3 Å². The first-order valence-electron chi connectivity index (χ1n) is 7.12. The fourth-order valence-corrected chi connectivity index (χ4v) is 2.36. The van der Waals surface area contributed by atoms with Crippen LogP contribution in [0, 0.1) is 5.92 Å². The average molecular weight is 264 g/mol. The summed E-state index contributed by atoms with van der Waals surface area (Å²) in [7, 11) is 0. The van der Waals surface area contributed by atoms with Crippen LogP contribution in [0.2, 0.25) is 0 Å². The lowest BCUT2D eigenvalue weighted by atomic mass is 9.86. The molecule has 2 rings (SSSR count). The molecule has 1 aliphatic rings. The number of hydrogen-bond acceptors (Lipinski definition) is 5. The molecule has 0 bridgehead atoms. The van der Waals surface area contributed by atoms with E-state index in [1.807, 2.05) is 13.8 Å². The molecule has 0 radical (unpaired) electrons. The predicted molar refractivity (Wildman–Crippen MR) is 76.2 cm³/mol. The number of rotatable bonds is 5. The van der Waals surface area contributed by atoms with Crippen molar-refractivity contribution in [1.82, 2.24) is 9.97 Å². The smallest absolute Gasteiger partial charge is 0.225 e. The molecule has 19 heavy (non-hydrogen) atoms. The van der Waals surface area contributed by atoms with Crippen LogP contribution in [0.5, 0.6) is 5.88 Å². The maximum absolute atomic E-state index is 5.91. The number of ether oxygens (including phenoxy) is 1. The van der Waals surface area contributed by atoms with Gasteiger partial charge in [-0.15, -0.1) is 0 Å². The minimum atomic E-state index is 0.127. The zero-order valence-corrected chi connectivity index (χ0v) is 11.8. The molecular weight excluding hydrogens is 240 g/mol. The Morgan fingerprint density at radius 2 is 2.11 bits per heavy atom. The highest BCUT2D eigenvalue weighted by Gasteiger charge is 2.18. The summed E-state index contributed by atoms with van der Waals surface area (Å²) in [6.45, 7) is 4.89. The molecule has 1 aliphatic carbocycles. The van der Waals surface area contributed by atoms with Gasteiger partial charge in [-0.2, -0.15) is 4.98 Å². The lowest BCUT2D eigenvalue weighted by Gasteiger charge is -2.26. The second-order valence-corrected chi connectivity index (χ2v) is 5.55. The van der Waals surface area contributed by atoms with Crippen LogP contribution in [0.4, 0.5) is 5.95 Å². The van der Waals surface area contributed by atoms with E-state index in [-0.39, 0.29) is 6.10 Å². The normalized spacial score (nSPS) is 23.4. The Bertz CT molecular complexity index is 389. The monoisotopic (exact) mass is 264 g/mol. The summed E-state index contributed by atoms with van der Waals surface area (Å²) in [4.78, 5) is 8.56. The lowest BCUT2D eigenvalue weighted by molar-refractivity contribution is 0.232. The summed E-state index contributed by atoms with van der Waals surface area (Å²) < 4.78 is 5.55. The molecular formula is C14H24N4O. The van der Waals surface area contributed by atoms with E-state index in [4.69, 9.17) is 10.5 Å². The first-order valence-corrected chi connectivity index (χ1v) is 7.12. The zero-order chi connectivity index (χ0) is 13.7. The van der Waals surface area contributed by atoms with Gasteiger partial charge in [0.15, 0.2) is 0 Å². The SMILES string of the molecule is CC(C)Oc1ccnc(NCC2CCC(N)CC2)n1. The van der Waals surface area contributed by atoms with Crippen molar-refractivity contribution >= 4 is 5.95 Å². The van der Waals surface area contributed by atoms with Gasteiger partial charge in [-0.05, 0) is 45.4 Å². The Balaban J connectivity index is 1.82. The lowest BCUT2D eigenvalue weighted by Crippen LogP contribution is -2.29. The van der Waals surface area contributed by atoms with Gasteiger partial charge in [0.05, 0.1) is 6.10 Å². The van der Waals surface area contributed by atoms with Crippen molar-refractivity contribution in [3.8, 4) is 5.88 Å². The highest BCUT2D eigenvalue weighted by Crippen LogP contribution is 2.23. The number of anilines is 1. The first-order chi connectivity index (χ1) is 9.13. The van der Waals surface area contributed by atoms with Gasteiger partial charge in [-0.1, -0.05) is 0 Å². The second kappa shape index (κ2) is 6.70. The van der Waals surface area contributed by atoms with E-state index in [1.54, 1.807) is 12.3 Å². The number of nitrogens with zero attached hydrogens (tertiary/aromatic N) is 2. The molecule has 5 nitrogen and oxygen atoms in total. The second-order valence-electron chi connectivity index (χ2n) is 5.55. The molecule has 1 saturated carbocycles. The van der Waals surface area contributed by atoms with Crippen LogP contribution in [-0.4, -0.2) is 28.7 Å². The highest BCUT2D eigenvalue weighted by atomic mass is 16.5. The van der Waals surface area contributed by atoms with E-state index in [0.29, 0.717) is 23.8 Å². The van der Waals surface area contributed by atoms with E-state index in [9.17, 15) is 0 Å². The summed E-state index contributed by atoms with van der Waals surface area (Å²) in [6, 6.07) is 2.18. The van der Waals surface area contributed by atoms with Gasteiger partial charge in [0.25, 0.3) is 0 Å². The molecule has 0 saturated heterocycles. The van der Waals surface area contributed by atoms with Crippen LogP contribution in [-0.2, 0) is 0 Å². The Hall–Kier alpha value is -1.36. The van der Waals surface area contributed by atoms with Crippen molar-refractivity contribution in [3.63, 3.8) is 0 Å². The largest absolute Gasteiger partial charge is 0.475 e. The van der Waals surface area contributed by atoms with Crippen molar-refractivity contribution in [2.45, 2.75) is 51.7 Å². The minimum absolute atomic E-state index is 0.127. The topological polar surface area (TPSA) is 73.1 Å². The molecule has 1 fully saturated rings. The third-order valence-corrected chi connectivity index (χ3v) is 3.43. The Morgan fingerprint density at radius 1 is 1.37 bits per heavy atom. The Kier molecular flexibility index (Phi) is 4.96. The Labute approximate surface area is 115 Å². The molecule has 1 heterocycles. The predicted octanol–water partition coefficient (Wildman–Crippen LogP) is 2.19. The molecule has 0 spiro atoms. The molecule has 0 amide bonds. The number of hydrogen-bond donors (Lipinski definition) is 2. The number of nitrogens with one attached hydrogen (secondary N) is 1. The molecule has 0 atom stereocenters. The quantitative estimate of drug-likeness (QED) is 0.853. The fourth-order valence-electron chi connectivity index (χ4n) is 2.36. The summed E-state index contributed by atoms with van der Waals surface area (Å²) >= 11 is 0. The average Bonchev–Trinajstić information content (AvgIpc) is 2.38. The number of aromatic nitrogens is 2. The summed E-state index contributed by atoms with van der Waals surface area (Å²) in [6.07, 6.45) is 6.49. The van der Waals surface area contributed by atoms with Gasteiger partial charge < -0.3 is 15.8 Å². The van der Waals surface area contributed by atoms with E-state index in [2.05, 4.69) is 15.3 Å². The molecule has 1 aromatic rings. The summed E-state index contributed by atoms with van der Waals surface area (Å²) in [5, 5.41) is 3.30. The van der Waals surface area contributed by atoms with Crippen LogP contribution in [0.25, 0.3) is 0 Å². The van der Waals surface area contributed by atoms with Crippen LogP contribution >= 0.6 is 0 Å². The molecule has 0 unspecified atom stereocenters. The Morgan fingerprint density at radius 3 is 2.79 bits per heavy atom.